The number of unbranched alkanes of at least 4 members (excludes halogenated alkanes) is 34. The predicted molar refractivity (Wildman–Crippen MR) is 339 cm³/mol. The molecule has 0 fully saturated rings. The van der Waals surface area contributed by atoms with Gasteiger partial charge < -0.3 is 14.2 Å². The number of carbonyl (C=O) groups is 3. The van der Waals surface area contributed by atoms with Crippen molar-refractivity contribution in [3.63, 3.8) is 0 Å². The van der Waals surface area contributed by atoms with Crippen LogP contribution in [0.1, 0.15) is 323 Å². The Morgan fingerprint density at radius 2 is 0.538 bits per heavy atom. The third kappa shape index (κ3) is 63.2. The highest BCUT2D eigenvalue weighted by atomic mass is 16.6. The van der Waals surface area contributed by atoms with E-state index in [0.29, 0.717) is 12.8 Å². The molecule has 0 rings (SSSR count). The molecule has 0 heterocycles. The van der Waals surface area contributed by atoms with Crippen molar-refractivity contribution in [1.82, 2.24) is 0 Å². The molecule has 0 saturated heterocycles. The largest absolute Gasteiger partial charge is 0.462 e. The first-order valence-electron chi connectivity index (χ1n) is 33.2. The fraction of sp³-hybridized carbons (Fsp3) is 0.736. The van der Waals surface area contributed by atoms with E-state index in [9.17, 15) is 14.4 Å². The molecule has 0 aliphatic carbocycles. The smallest absolute Gasteiger partial charge is 0.310 e. The van der Waals surface area contributed by atoms with Gasteiger partial charge in [-0.25, -0.2) is 0 Å². The average molecular weight is 1090 g/mol. The van der Waals surface area contributed by atoms with Gasteiger partial charge >= 0.3 is 17.9 Å². The summed E-state index contributed by atoms with van der Waals surface area (Å²) in [5, 5.41) is 0. The highest BCUT2D eigenvalue weighted by molar-refractivity contribution is 5.72. The molecule has 78 heavy (non-hydrogen) atoms. The Morgan fingerprint density at radius 1 is 0.282 bits per heavy atom. The minimum Gasteiger partial charge on any atom is -0.462 e. The van der Waals surface area contributed by atoms with Gasteiger partial charge in [0.25, 0.3) is 0 Å². The van der Waals surface area contributed by atoms with Gasteiger partial charge in [0.15, 0.2) is 6.10 Å². The Labute approximate surface area is 483 Å². The molecule has 0 amide bonds. The standard InChI is InChI=1S/C72H124O6/c1-4-7-10-13-16-19-22-25-28-29-30-31-32-33-34-35-36-37-38-39-40-41-42-45-47-50-53-56-59-62-65-71(74)77-68-69(78-72(75)66-63-60-57-54-51-48-44-27-24-21-18-15-12-9-6-3)67-76-70(73)64-61-58-55-52-49-46-43-26-23-20-17-14-11-8-5-2/h8-9,11-12,17-18,20-21,26-27,43-44,51,54,60,63,69H,4-7,10,13-16,19,22-25,28-42,45-50,52-53,55-59,61-62,64-68H2,1-3H3/b11-8-,12-9-,20-17-,21-18-,43-26-,44-27-,54-51-,63-60-. The Balaban J connectivity index is 4.25. The summed E-state index contributed by atoms with van der Waals surface area (Å²) in [7, 11) is 0. The van der Waals surface area contributed by atoms with E-state index in [1.807, 2.05) is 6.08 Å². The number of hydrogen-bond acceptors (Lipinski definition) is 6. The first-order chi connectivity index (χ1) is 38.5. The third-order valence-electron chi connectivity index (χ3n) is 14.4. The minimum atomic E-state index is -0.840. The predicted octanol–water partition coefficient (Wildman–Crippen LogP) is 22.8. The van der Waals surface area contributed by atoms with Crippen LogP contribution in [0.4, 0.5) is 0 Å². The quantitative estimate of drug-likeness (QED) is 0.0261. The molecule has 6 heteroatoms. The van der Waals surface area contributed by atoms with Gasteiger partial charge in [-0.1, -0.05) is 323 Å². The fourth-order valence-electron chi connectivity index (χ4n) is 9.48. The zero-order valence-corrected chi connectivity index (χ0v) is 51.4. The van der Waals surface area contributed by atoms with Gasteiger partial charge in [0.1, 0.15) is 13.2 Å². The maximum Gasteiger partial charge on any atom is 0.310 e. The molecule has 0 spiro atoms. The summed E-state index contributed by atoms with van der Waals surface area (Å²) in [6, 6.07) is 0. The fourth-order valence-corrected chi connectivity index (χ4v) is 9.48. The lowest BCUT2D eigenvalue weighted by atomic mass is 10.0. The van der Waals surface area contributed by atoms with Gasteiger partial charge in [0.05, 0.1) is 6.42 Å². The van der Waals surface area contributed by atoms with Crippen LogP contribution in [0.5, 0.6) is 0 Å². The first kappa shape index (κ1) is 74.3. The zero-order valence-electron chi connectivity index (χ0n) is 51.4. The maximum absolute atomic E-state index is 12.8. The monoisotopic (exact) mass is 1080 g/mol. The first-order valence-corrected chi connectivity index (χ1v) is 33.2. The highest BCUT2D eigenvalue weighted by Gasteiger charge is 2.19. The van der Waals surface area contributed by atoms with Gasteiger partial charge in [-0.3, -0.25) is 14.4 Å². The molecule has 448 valence electrons. The molecule has 0 saturated carbocycles. The van der Waals surface area contributed by atoms with Crippen molar-refractivity contribution in [3.8, 4) is 0 Å². The zero-order chi connectivity index (χ0) is 56.4. The van der Waals surface area contributed by atoms with Crippen LogP contribution < -0.4 is 0 Å². The van der Waals surface area contributed by atoms with Crippen LogP contribution in [0, 0.1) is 0 Å². The van der Waals surface area contributed by atoms with E-state index in [4.69, 9.17) is 14.2 Å². The lowest BCUT2D eigenvalue weighted by Gasteiger charge is -2.18. The summed E-state index contributed by atoms with van der Waals surface area (Å²) in [4.78, 5) is 38.2. The van der Waals surface area contributed by atoms with E-state index in [1.54, 1.807) is 6.08 Å². The Kier molecular flexibility index (Phi) is 62.7. The molecule has 0 radical (unpaired) electrons. The van der Waals surface area contributed by atoms with Crippen molar-refractivity contribution >= 4 is 17.9 Å². The molecule has 1 unspecified atom stereocenters. The second-order valence-corrected chi connectivity index (χ2v) is 22.0. The van der Waals surface area contributed by atoms with Crippen LogP contribution in [-0.2, 0) is 28.6 Å². The van der Waals surface area contributed by atoms with Gasteiger partial charge in [-0.05, 0) is 77.0 Å². The maximum atomic E-state index is 12.8. The van der Waals surface area contributed by atoms with Crippen molar-refractivity contribution in [2.24, 2.45) is 0 Å². The van der Waals surface area contributed by atoms with E-state index in [1.165, 1.54) is 173 Å². The average Bonchev–Trinajstić information content (AvgIpc) is 3.44. The number of ether oxygens (including phenoxy) is 3. The van der Waals surface area contributed by atoms with E-state index >= 15 is 0 Å². The topological polar surface area (TPSA) is 78.9 Å². The number of rotatable bonds is 60. The van der Waals surface area contributed by atoms with E-state index < -0.39 is 12.1 Å². The van der Waals surface area contributed by atoms with Crippen LogP contribution in [0.15, 0.2) is 97.2 Å². The summed E-state index contributed by atoms with van der Waals surface area (Å²) < 4.78 is 16.8. The van der Waals surface area contributed by atoms with Crippen LogP contribution in [0.2, 0.25) is 0 Å². The molecule has 0 aliphatic heterocycles. The summed E-state index contributed by atoms with van der Waals surface area (Å²) in [5.74, 6) is -1.06. The molecular formula is C72H124O6. The summed E-state index contributed by atoms with van der Waals surface area (Å²) in [6.45, 7) is 6.35. The van der Waals surface area contributed by atoms with E-state index in [-0.39, 0.29) is 31.6 Å². The van der Waals surface area contributed by atoms with Gasteiger partial charge in [-0.15, -0.1) is 0 Å². The molecule has 0 bridgehead atoms. The van der Waals surface area contributed by atoms with Crippen LogP contribution in [-0.4, -0.2) is 37.2 Å². The second kappa shape index (κ2) is 65.8. The van der Waals surface area contributed by atoms with E-state index in [2.05, 4.69) is 106 Å². The van der Waals surface area contributed by atoms with Crippen molar-refractivity contribution in [2.45, 2.75) is 329 Å². The summed E-state index contributed by atoms with van der Waals surface area (Å²) >= 11 is 0. The third-order valence-corrected chi connectivity index (χ3v) is 14.4. The van der Waals surface area contributed by atoms with Crippen molar-refractivity contribution in [3.05, 3.63) is 97.2 Å². The molecule has 0 N–H and O–H groups in total. The van der Waals surface area contributed by atoms with Crippen LogP contribution in [0.25, 0.3) is 0 Å². The van der Waals surface area contributed by atoms with Crippen molar-refractivity contribution < 1.29 is 28.6 Å². The van der Waals surface area contributed by atoms with Crippen molar-refractivity contribution in [1.29, 1.82) is 0 Å². The summed E-state index contributed by atoms with van der Waals surface area (Å²) in [5.41, 5.74) is 0. The summed E-state index contributed by atoms with van der Waals surface area (Å²) in [6.07, 6.45) is 89.0. The Hall–Kier alpha value is -3.67. The second-order valence-electron chi connectivity index (χ2n) is 22.0. The van der Waals surface area contributed by atoms with Crippen LogP contribution in [0.3, 0.4) is 0 Å². The van der Waals surface area contributed by atoms with E-state index in [0.717, 1.165) is 109 Å². The normalized spacial score (nSPS) is 12.7. The molecule has 1 atom stereocenters. The molecule has 0 aliphatic rings. The lowest BCUT2D eigenvalue weighted by Crippen LogP contribution is -2.30. The van der Waals surface area contributed by atoms with Crippen molar-refractivity contribution in [2.75, 3.05) is 13.2 Å². The van der Waals surface area contributed by atoms with Gasteiger partial charge in [0.2, 0.25) is 0 Å². The molecule has 0 aromatic carbocycles. The SMILES string of the molecule is CC/C=C\C/C=C\C/C=C\C/C=C\C/C=C\CC(=O)OC(COC(=O)CCCCCCC/C=C\C/C=C\C/C=C\CC)COC(=O)CCCCCCCCCCCCCCCCCCCCCCCCCCCCCCCC. The van der Waals surface area contributed by atoms with Crippen LogP contribution >= 0.6 is 0 Å². The molecular weight excluding hydrogens is 961 g/mol. The Morgan fingerprint density at radius 3 is 0.846 bits per heavy atom. The number of allylic oxidation sites excluding steroid dienone is 15. The minimum absolute atomic E-state index is 0.0926. The highest BCUT2D eigenvalue weighted by Crippen LogP contribution is 2.18. The number of carbonyl (C=O) groups excluding carboxylic acids is 3. The van der Waals surface area contributed by atoms with Gasteiger partial charge in [0, 0.05) is 12.8 Å². The molecule has 0 aromatic rings. The molecule has 0 aromatic heterocycles. The number of esters is 3. The lowest BCUT2D eigenvalue weighted by molar-refractivity contribution is -0.166. The van der Waals surface area contributed by atoms with Gasteiger partial charge in [-0.2, -0.15) is 0 Å². The number of hydrogen-bond donors (Lipinski definition) is 0. The molecule has 6 nitrogen and oxygen atoms in total. The Bertz CT molecular complexity index is 1530.